The van der Waals surface area contributed by atoms with Crippen LogP contribution >= 0.6 is 0 Å². The Morgan fingerprint density at radius 3 is 2.41 bits per heavy atom. The highest BCUT2D eigenvalue weighted by molar-refractivity contribution is 7.89. The van der Waals surface area contributed by atoms with E-state index in [4.69, 9.17) is 4.74 Å². The number of nitrogens with zero attached hydrogens (tertiary/aromatic N) is 1. The number of ether oxygens (including phenoxy) is 1. The number of hydrogen-bond acceptors (Lipinski definition) is 4. The van der Waals surface area contributed by atoms with Crippen molar-refractivity contribution >= 4 is 21.6 Å². The summed E-state index contributed by atoms with van der Waals surface area (Å²) < 4.78 is 31.9. The van der Waals surface area contributed by atoms with Gasteiger partial charge in [-0.1, -0.05) is 23.8 Å². The molecule has 144 valence electrons. The van der Waals surface area contributed by atoms with E-state index in [0.29, 0.717) is 11.4 Å². The molecule has 0 saturated heterocycles. The lowest BCUT2D eigenvalue weighted by molar-refractivity contribution is -0.116. The van der Waals surface area contributed by atoms with Crippen LogP contribution in [0.4, 0.5) is 5.69 Å². The SMILES string of the molecule is C=CCN(CC(=O)Nc1ccc(C)cc1C)S(=O)(=O)c1ccc(OC)cc1. The molecule has 1 amide bonds. The molecule has 0 heterocycles. The van der Waals surface area contributed by atoms with Crippen LogP contribution in [0.25, 0.3) is 0 Å². The van der Waals surface area contributed by atoms with E-state index in [1.54, 1.807) is 18.2 Å². The molecule has 2 rings (SSSR count). The van der Waals surface area contributed by atoms with Gasteiger partial charge in [-0.3, -0.25) is 4.79 Å². The predicted molar refractivity (Wildman–Crippen MR) is 106 cm³/mol. The van der Waals surface area contributed by atoms with E-state index in [1.165, 1.54) is 25.3 Å². The van der Waals surface area contributed by atoms with E-state index in [1.807, 2.05) is 26.0 Å². The molecule has 0 bridgehead atoms. The molecule has 1 N–H and O–H groups in total. The number of rotatable bonds is 8. The zero-order valence-corrected chi connectivity index (χ0v) is 16.5. The summed E-state index contributed by atoms with van der Waals surface area (Å²) in [5, 5.41) is 2.77. The number of amides is 1. The van der Waals surface area contributed by atoms with E-state index in [-0.39, 0.29) is 18.0 Å². The minimum atomic E-state index is -3.85. The maximum absolute atomic E-state index is 12.9. The van der Waals surface area contributed by atoms with Gasteiger partial charge >= 0.3 is 0 Å². The molecule has 0 aliphatic heterocycles. The fourth-order valence-corrected chi connectivity index (χ4v) is 3.96. The Hall–Kier alpha value is -2.64. The van der Waals surface area contributed by atoms with Crippen LogP contribution < -0.4 is 10.1 Å². The number of hydrogen-bond donors (Lipinski definition) is 1. The minimum absolute atomic E-state index is 0.0225. The third kappa shape index (κ3) is 5.18. The molecule has 0 radical (unpaired) electrons. The first-order valence-corrected chi connectivity index (χ1v) is 9.84. The Bertz CT molecular complexity index is 921. The zero-order valence-electron chi connectivity index (χ0n) is 15.7. The lowest BCUT2D eigenvalue weighted by Crippen LogP contribution is -2.38. The van der Waals surface area contributed by atoms with Gasteiger partial charge in [-0.15, -0.1) is 6.58 Å². The molecule has 27 heavy (non-hydrogen) atoms. The van der Waals surface area contributed by atoms with Crippen molar-refractivity contribution in [2.45, 2.75) is 18.7 Å². The van der Waals surface area contributed by atoms with Crippen molar-refractivity contribution in [1.82, 2.24) is 4.31 Å². The van der Waals surface area contributed by atoms with Crippen molar-refractivity contribution in [3.05, 3.63) is 66.2 Å². The van der Waals surface area contributed by atoms with Gasteiger partial charge in [0.05, 0.1) is 18.6 Å². The second-order valence-electron chi connectivity index (χ2n) is 6.13. The van der Waals surface area contributed by atoms with Crippen LogP contribution in [0.5, 0.6) is 5.75 Å². The molecular formula is C20H24N2O4S. The first-order valence-electron chi connectivity index (χ1n) is 8.40. The van der Waals surface area contributed by atoms with Crippen molar-refractivity contribution < 1.29 is 17.9 Å². The van der Waals surface area contributed by atoms with Gasteiger partial charge in [0.15, 0.2) is 0 Å². The van der Waals surface area contributed by atoms with Gasteiger partial charge in [0.1, 0.15) is 5.75 Å². The van der Waals surface area contributed by atoms with Crippen molar-refractivity contribution in [2.24, 2.45) is 0 Å². The number of carbonyl (C=O) groups excluding carboxylic acids is 1. The number of aryl methyl sites for hydroxylation is 2. The van der Waals surface area contributed by atoms with Crippen molar-refractivity contribution in [1.29, 1.82) is 0 Å². The molecule has 0 spiro atoms. The first-order chi connectivity index (χ1) is 12.8. The normalized spacial score (nSPS) is 11.3. The van der Waals surface area contributed by atoms with Crippen LogP contribution in [0, 0.1) is 13.8 Å². The molecule has 0 saturated carbocycles. The number of carbonyl (C=O) groups is 1. The van der Waals surface area contributed by atoms with E-state index in [2.05, 4.69) is 11.9 Å². The third-order valence-corrected chi connectivity index (χ3v) is 5.83. The molecule has 6 nitrogen and oxygen atoms in total. The minimum Gasteiger partial charge on any atom is -0.497 e. The monoisotopic (exact) mass is 388 g/mol. The lowest BCUT2D eigenvalue weighted by Gasteiger charge is -2.21. The molecule has 0 unspecified atom stereocenters. The van der Waals surface area contributed by atoms with Gasteiger partial charge in [0.25, 0.3) is 0 Å². The Balaban J connectivity index is 2.19. The van der Waals surface area contributed by atoms with E-state index < -0.39 is 15.9 Å². The quantitative estimate of drug-likeness (QED) is 0.705. The van der Waals surface area contributed by atoms with Gasteiger partial charge in [-0.25, -0.2) is 8.42 Å². The number of methoxy groups -OCH3 is 1. The third-order valence-electron chi connectivity index (χ3n) is 4.01. The van der Waals surface area contributed by atoms with Crippen LogP contribution in [0.1, 0.15) is 11.1 Å². The molecule has 0 atom stereocenters. The summed E-state index contributed by atoms with van der Waals surface area (Å²) in [7, 11) is -2.34. The van der Waals surface area contributed by atoms with Crippen LogP contribution in [0.2, 0.25) is 0 Å². The van der Waals surface area contributed by atoms with Gasteiger partial charge in [0.2, 0.25) is 15.9 Å². The molecule has 2 aromatic carbocycles. The van der Waals surface area contributed by atoms with Gasteiger partial charge in [-0.2, -0.15) is 4.31 Å². The molecule has 0 aliphatic rings. The number of benzene rings is 2. The molecule has 7 heteroatoms. The fourth-order valence-electron chi connectivity index (χ4n) is 2.59. The molecule has 2 aromatic rings. The largest absolute Gasteiger partial charge is 0.497 e. The van der Waals surface area contributed by atoms with Gasteiger partial charge < -0.3 is 10.1 Å². The topological polar surface area (TPSA) is 75.7 Å². The highest BCUT2D eigenvalue weighted by atomic mass is 32.2. The number of nitrogens with one attached hydrogen (secondary N) is 1. The summed E-state index contributed by atoms with van der Waals surface area (Å²) >= 11 is 0. The summed E-state index contributed by atoms with van der Waals surface area (Å²) in [4.78, 5) is 12.5. The van der Waals surface area contributed by atoms with Crippen molar-refractivity contribution in [3.8, 4) is 5.75 Å². The summed E-state index contributed by atoms with van der Waals surface area (Å²) in [6, 6.07) is 11.7. The average molecular weight is 388 g/mol. The maximum atomic E-state index is 12.9. The van der Waals surface area contributed by atoms with Crippen LogP contribution in [-0.4, -0.2) is 38.8 Å². The fraction of sp³-hybridized carbons (Fsp3) is 0.250. The maximum Gasteiger partial charge on any atom is 0.243 e. The number of sulfonamides is 1. The predicted octanol–water partition coefficient (Wildman–Crippen LogP) is 3.13. The van der Waals surface area contributed by atoms with Crippen LogP contribution in [-0.2, 0) is 14.8 Å². The van der Waals surface area contributed by atoms with E-state index in [9.17, 15) is 13.2 Å². The number of anilines is 1. The van der Waals surface area contributed by atoms with Crippen LogP contribution in [0.15, 0.2) is 60.0 Å². The Morgan fingerprint density at radius 1 is 1.19 bits per heavy atom. The Labute approximate surface area is 160 Å². The van der Waals surface area contributed by atoms with E-state index >= 15 is 0 Å². The molecule has 0 aliphatic carbocycles. The Morgan fingerprint density at radius 2 is 1.85 bits per heavy atom. The molecule has 0 aromatic heterocycles. The second-order valence-corrected chi connectivity index (χ2v) is 8.07. The smallest absolute Gasteiger partial charge is 0.243 e. The standard InChI is InChI=1S/C20H24N2O4S/c1-5-12-22(27(24,25)18-9-7-17(26-4)8-10-18)14-20(23)21-19-11-6-15(2)13-16(19)3/h5-11,13H,1,12,14H2,2-4H3,(H,21,23). The molecule has 0 fully saturated rings. The summed E-state index contributed by atoms with van der Waals surface area (Å²) in [6.45, 7) is 7.15. The second kappa shape index (κ2) is 8.83. The zero-order chi connectivity index (χ0) is 20.0. The highest BCUT2D eigenvalue weighted by Crippen LogP contribution is 2.20. The molecular weight excluding hydrogens is 364 g/mol. The lowest BCUT2D eigenvalue weighted by atomic mass is 10.1. The van der Waals surface area contributed by atoms with Crippen molar-refractivity contribution in [3.63, 3.8) is 0 Å². The first kappa shape index (κ1) is 20.7. The van der Waals surface area contributed by atoms with E-state index in [0.717, 1.165) is 15.4 Å². The van der Waals surface area contributed by atoms with Gasteiger partial charge in [0, 0.05) is 12.2 Å². The highest BCUT2D eigenvalue weighted by Gasteiger charge is 2.26. The van der Waals surface area contributed by atoms with Crippen LogP contribution in [0.3, 0.4) is 0 Å². The summed E-state index contributed by atoms with van der Waals surface area (Å²) in [5.41, 5.74) is 2.66. The summed E-state index contributed by atoms with van der Waals surface area (Å²) in [6.07, 6.45) is 1.45. The van der Waals surface area contributed by atoms with Crippen molar-refractivity contribution in [2.75, 3.05) is 25.5 Å². The summed E-state index contributed by atoms with van der Waals surface area (Å²) in [5.74, 6) is 0.137. The average Bonchev–Trinajstić information content (AvgIpc) is 2.63. The Kier molecular flexibility index (Phi) is 6.76. The van der Waals surface area contributed by atoms with Gasteiger partial charge in [-0.05, 0) is 49.7 Å².